The van der Waals surface area contributed by atoms with Gasteiger partial charge in [0.15, 0.2) is 0 Å². The normalized spacial score (nSPS) is 11.0. The molecule has 0 bridgehead atoms. The van der Waals surface area contributed by atoms with E-state index in [1.807, 2.05) is 36.4 Å². The first-order valence-electron chi connectivity index (χ1n) is 7.10. The van der Waals surface area contributed by atoms with Crippen molar-refractivity contribution in [1.29, 1.82) is 0 Å². The Labute approximate surface area is 136 Å². The summed E-state index contributed by atoms with van der Waals surface area (Å²) in [6, 6.07) is 15.0. The summed E-state index contributed by atoms with van der Waals surface area (Å²) in [6.45, 7) is 0.0659. The zero-order valence-electron chi connectivity index (χ0n) is 13.1. The van der Waals surface area contributed by atoms with Crippen LogP contribution in [0.25, 0.3) is 11.1 Å². The molecule has 2 rings (SSSR count). The summed E-state index contributed by atoms with van der Waals surface area (Å²) in [4.78, 5) is 12.3. The Bertz CT molecular complexity index is 785. The predicted octanol–water partition coefficient (Wildman–Crippen LogP) is 2.14. The number of sulfone groups is 1. The minimum absolute atomic E-state index is 0.0659. The zero-order valence-corrected chi connectivity index (χ0v) is 13.9. The number of ether oxygens (including phenoxy) is 1. The van der Waals surface area contributed by atoms with E-state index < -0.39 is 9.84 Å². The fourth-order valence-electron chi connectivity index (χ4n) is 2.14. The number of amides is 1. The molecule has 0 fully saturated rings. The second-order valence-electron chi connectivity index (χ2n) is 5.17. The molecule has 6 heteroatoms. The van der Waals surface area contributed by atoms with Crippen molar-refractivity contribution in [3.8, 4) is 16.9 Å². The van der Waals surface area contributed by atoms with Gasteiger partial charge >= 0.3 is 0 Å². The number of benzene rings is 2. The van der Waals surface area contributed by atoms with Crippen molar-refractivity contribution in [3.63, 3.8) is 0 Å². The first kappa shape index (κ1) is 17.0. The van der Waals surface area contributed by atoms with Crippen LogP contribution in [0, 0.1) is 0 Å². The number of hydrogen-bond donors (Lipinski definition) is 1. The van der Waals surface area contributed by atoms with Crippen LogP contribution in [0.15, 0.2) is 48.5 Å². The predicted molar refractivity (Wildman–Crippen MR) is 90.5 cm³/mol. The van der Waals surface area contributed by atoms with Gasteiger partial charge in [0.2, 0.25) is 0 Å². The molecule has 0 unspecified atom stereocenters. The number of hydrogen-bond acceptors (Lipinski definition) is 4. The lowest BCUT2D eigenvalue weighted by Crippen LogP contribution is -2.29. The lowest BCUT2D eigenvalue weighted by atomic mass is 10.0. The standard InChI is InChI=1S/C17H19NO4S/c1-22-16-9-8-14(13-6-4-3-5-7-13)12-15(16)17(19)18-10-11-23(2,20)21/h3-9,12H,10-11H2,1-2H3,(H,18,19). The molecule has 2 aromatic carbocycles. The SMILES string of the molecule is COc1ccc(-c2ccccc2)cc1C(=O)NCCS(C)(=O)=O. The number of methoxy groups -OCH3 is 1. The van der Waals surface area contributed by atoms with Crippen LogP contribution >= 0.6 is 0 Å². The van der Waals surface area contributed by atoms with Crippen molar-refractivity contribution < 1.29 is 17.9 Å². The van der Waals surface area contributed by atoms with Crippen molar-refractivity contribution in [2.75, 3.05) is 25.7 Å². The van der Waals surface area contributed by atoms with Crippen molar-refractivity contribution >= 4 is 15.7 Å². The summed E-state index contributed by atoms with van der Waals surface area (Å²) in [5.41, 5.74) is 2.25. The largest absolute Gasteiger partial charge is 0.496 e. The molecule has 2 aromatic rings. The Balaban J connectivity index is 2.24. The lowest BCUT2D eigenvalue weighted by molar-refractivity contribution is 0.0953. The molecule has 1 N–H and O–H groups in total. The van der Waals surface area contributed by atoms with E-state index >= 15 is 0 Å². The molecule has 0 saturated heterocycles. The van der Waals surface area contributed by atoms with Crippen LogP contribution in [0.3, 0.4) is 0 Å². The first-order chi connectivity index (χ1) is 10.9. The van der Waals surface area contributed by atoms with E-state index in [1.54, 1.807) is 12.1 Å². The molecule has 0 spiro atoms. The smallest absolute Gasteiger partial charge is 0.255 e. The fourth-order valence-corrected chi connectivity index (χ4v) is 2.61. The van der Waals surface area contributed by atoms with Crippen molar-refractivity contribution in [2.24, 2.45) is 0 Å². The third-order valence-corrected chi connectivity index (χ3v) is 4.26. The summed E-state index contributed by atoms with van der Waals surface area (Å²) >= 11 is 0. The maximum absolute atomic E-state index is 12.3. The number of carbonyl (C=O) groups excluding carboxylic acids is 1. The Morgan fingerprint density at radius 3 is 2.39 bits per heavy atom. The Kier molecular flexibility index (Phi) is 5.39. The van der Waals surface area contributed by atoms with Crippen LogP contribution in [0.1, 0.15) is 10.4 Å². The van der Waals surface area contributed by atoms with E-state index in [2.05, 4.69) is 5.32 Å². The van der Waals surface area contributed by atoms with E-state index in [-0.39, 0.29) is 18.2 Å². The maximum Gasteiger partial charge on any atom is 0.255 e. The van der Waals surface area contributed by atoms with E-state index in [0.29, 0.717) is 11.3 Å². The highest BCUT2D eigenvalue weighted by Gasteiger charge is 2.14. The Hall–Kier alpha value is -2.34. The molecule has 122 valence electrons. The third kappa shape index (κ3) is 4.82. The van der Waals surface area contributed by atoms with Crippen LogP contribution in [-0.2, 0) is 9.84 Å². The molecule has 5 nitrogen and oxygen atoms in total. The van der Waals surface area contributed by atoms with E-state index in [9.17, 15) is 13.2 Å². The molecular formula is C17H19NO4S. The number of nitrogens with one attached hydrogen (secondary N) is 1. The van der Waals surface area contributed by atoms with Crippen LogP contribution < -0.4 is 10.1 Å². The molecule has 0 aliphatic heterocycles. The summed E-state index contributed by atoms with van der Waals surface area (Å²) < 4.78 is 27.5. The number of rotatable bonds is 6. The quantitative estimate of drug-likeness (QED) is 0.879. The average Bonchev–Trinajstić information content (AvgIpc) is 2.53. The van der Waals surface area contributed by atoms with Gasteiger partial charge in [-0.05, 0) is 23.3 Å². The molecule has 0 atom stereocenters. The molecule has 0 aromatic heterocycles. The van der Waals surface area contributed by atoms with Crippen LogP contribution in [-0.4, -0.2) is 40.0 Å². The highest BCUT2D eigenvalue weighted by Crippen LogP contribution is 2.26. The molecule has 1 amide bonds. The summed E-state index contributed by atoms with van der Waals surface area (Å²) in [7, 11) is -1.62. The fraction of sp³-hybridized carbons (Fsp3) is 0.235. The molecule has 0 radical (unpaired) electrons. The molecule has 0 aliphatic rings. The maximum atomic E-state index is 12.3. The van der Waals surface area contributed by atoms with Gasteiger partial charge in [-0.15, -0.1) is 0 Å². The molecular weight excluding hydrogens is 314 g/mol. The highest BCUT2D eigenvalue weighted by molar-refractivity contribution is 7.90. The van der Waals surface area contributed by atoms with Gasteiger partial charge < -0.3 is 10.1 Å². The molecule has 0 saturated carbocycles. The van der Waals surface area contributed by atoms with Gasteiger partial charge in [0.1, 0.15) is 15.6 Å². The molecule has 0 heterocycles. The number of carbonyl (C=O) groups is 1. The average molecular weight is 333 g/mol. The van der Waals surface area contributed by atoms with Crippen LogP contribution in [0.2, 0.25) is 0 Å². The molecule has 0 aliphatic carbocycles. The van der Waals surface area contributed by atoms with Gasteiger partial charge in [-0.25, -0.2) is 8.42 Å². The van der Waals surface area contributed by atoms with E-state index in [4.69, 9.17) is 4.74 Å². The van der Waals surface area contributed by atoms with Crippen molar-refractivity contribution in [1.82, 2.24) is 5.32 Å². The Morgan fingerprint density at radius 1 is 1.09 bits per heavy atom. The summed E-state index contributed by atoms with van der Waals surface area (Å²) in [6.07, 6.45) is 1.13. The minimum Gasteiger partial charge on any atom is -0.496 e. The topological polar surface area (TPSA) is 72.5 Å². The zero-order chi connectivity index (χ0) is 16.9. The van der Waals surface area contributed by atoms with Crippen molar-refractivity contribution in [3.05, 3.63) is 54.1 Å². The van der Waals surface area contributed by atoms with Crippen molar-refractivity contribution in [2.45, 2.75) is 0 Å². The van der Waals surface area contributed by atoms with Gasteiger partial charge in [0.05, 0.1) is 18.4 Å². The second kappa shape index (κ2) is 7.28. The van der Waals surface area contributed by atoms with Gasteiger partial charge in [0.25, 0.3) is 5.91 Å². The van der Waals surface area contributed by atoms with Gasteiger partial charge in [-0.2, -0.15) is 0 Å². The third-order valence-electron chi connectivity index (χ3n) is 3.31. The van der Waals surface area contributed by atoms with Gasteiger partial charge in [-0.3, -0.25) is 4.79 Å². The summed E-state index contributed by atoms with van der Waals surface area (Å²) in [5, 5.41) is 2.61. The lowest BCUT2D eigenvalue weighted by Gasteiger charge is -2.11. The van der Waals surface area contributed by atoms with E-state index in [1.165, 1.54) is 7.11 Å². The van der Waals surface area contributed by atoms with Gasteiger partial charge in [-0.1, -0.05) is 36.4 Å². The van der Waals surface area contributed by atoms with E-state index in [0.717, 1.165) is 17.4 Å². The van der Waals surface area contributed by atoms with Crippen LogP contribution in [0.4, 0.5) is 0 Å². The van der Waals surface area contributed by atoms with Gasteiger partial charge in [0, 0.05) is 12.8 Å². The Morgan fingerprint density at radius 2 is 1.78 bits per heavy atom. The highest BCUT2D eigenvalue weighted by atomic mass is 32.2. The van der Waals surface area contributed by atoms with Crippen LogP contribution in [0.5, 0.6) is 5.75 Å². The second-order valence-corrected chi connectivity index (χ2v) is 7.43. The first-order valence-corrected chi connectivity index (χ1v) is 9.16. The molecule has 23 heavy (non-hydrogen) atoms. The monoisotopic (exact) mass is 333 g/mol. The minimum atomic E-state index is -3.11. The summed E-state index contributed by atoms with van der Waals surface area (Å²) in [5.74, 6) is -0.00999.